The molecule has 3 aromatic carbocycles. The highest BCUT2D eigenvalue weighted by Gasteiger charge is 2.25. The lowest BCUT2D eigenvalue weighted by Gasteiger charge is -2.29. The van der Waals surface area contributed by atoms with Gasteiger partial charge in [0, 0.05) is 18.7 Å². The highest BCUT2D eigenvalue weighted by Crippen LogP contribution is 2.37. The lowest BCUT2D eigenvalue weighted by atomic mass is 9.88. The summed E-state index contributed by atoms with van der Waals surface area (Å²) in [7, 11) is 5.86. The van der Waals surface area contributed by atoms with Crippen molar-refractivity contribution in [1.29, 1.82) is 0 Å². The summed E-state index contributed by atoms with van der Waals surface area (Å²) in [6.07, 6.45) is 0.997. The zero-order chi connectivity index (χ0) is 20.9. The van der Waals surface area contributed by atoms with E-state index in [-0.39, 0.29) is 6.04 Å². The highest BCUT2D eigenvalue weighted by molar-refractivity contribution is 5.66. The number of ether oxygens (including phenoxy) is 2. The Morgan fingerprint density at radius 3 is 2.53 bits per heavy atom. The van der Waals surface area contributed by atoms with Gasteiger partial charge >= 0.3 is 0 Å². The van der Waals surface area contributed by atoms with E-state index < -0.39 is 0 Å². The number of hydrogen-bond donors (Lipinski definition) is 1. The number of hydrogen-bond acceptors (Lipinski definition) is 4. The third-order valence-corrected chi connectivity index (χ3v) is 5.62. The molecular formula is C26H30N2O2. The molecule has 1 aliphatic heterocycles. The van der Waals surface area contributed by atoms with Crippen LogP contribution in [0.15, 0.2) is 66.7 Å². The summed E-state index contributed by atoms with van der Waals surface area (Å²) in [6, 6.07) is 23.5. The first-order valence-electron chi connectivity index (χ1n) is 10.5. The maximum atomic E-state index is 5.96. The van der Waals surface area contributed by atoms with Gasteiger partial charge in [0.25, 0.3) is 0 Å². The van der Waals surface area contributed by atoms with E-state index in [4.69, 9.17) is 9.47 Å². The van der Waals surface area contributed by atoms with E-state index in [1.807, 2.05) is 6.07 Å². The van der Waals surface area contributed by atoms with Crippen LogP contribution >= 0.6 is 0 Å². The van der Waals surface area contributed by atoms with E-state index in [2.05, 4.69) is 85.0 Å². The molecule has 0 bridgehead atoms. The Morgan fingerprint density at radius 1 is 0.933 bits per heavy atom. The summed E-state index contributed by atoms with van der Waals surface area (Å²) < 4.78 is 11.7. The van der Waals surface area contributed by atoms with Gasteiger partial charge in [0.1, 0.15) is 18.1 Å². The van der Waals surface area contributed by atoms with Crippen molar-refractivity contribution in [3.63, 3.8) is 0 Å². The summed E-state index contributed by atoms with van der Waals surface area (Å²) in [5.74, 6) is 1.85. The topological polar surface area (TPSA) is 33.7 Å². The van der Waals surface area contributed by atoms with Gasteiger partial charge in [-0.15, -0.1) is 0 Å². The lowest BCUT2D eigenvalue weighted by Crippen LogP contribution is -2.31. The van der Waals surface area contributed by atoms with Gasteiger partial charge < -0.3 is 19.7 Å². The van der Waals surface area contributed by atoms with E-state index in [1.54, 1.807) is 7.11 Å². The average molecular weight is 403 g/mol. The first-order valence-corrected chi connectivity index (χ1v) is 10.5. The minimum Gasteiger partial charge on any atom is -0.496 e. The van der Waals surface area contributed by atoms with Gasteiger partial charge in [-0.3, -0.25) is 0 Å². The average Bonchev–Trinajstić information content (AvgIpc) is 2.78. The van der Waals surface area contributed by atoms with Crippen LogP contribution < -0.4 is 14.8 Å². The molecule has 1 heterocycles. The second-order valence-corrected chi connectivity index (χ2v) is 7.97. The number of methoxy groups -OCH3 is 1. The summed E-state index contributed by atoms with van der Waals surface area (Å²) in [6.45, 7) is 2.53. The van der Waals surface area contributed by atoms with Gasteiger partial charge in [0.2, 0.25) is 0 Å². The molecule has 0 aromatic heterocycles. The monoisotopic (exact) mass is 402 g/mol. The maximum Gasteiger partial charge on any atom is 0.124 e. The third-order valence-electron chi connectivity index (χ3n) is 5.62. The zero-order valence-electron chi connectivity index (χ0n) is 18.0. The fourth-order valence-electron chi connectivity index (χ4n) is 4.02. The smallest absolute Gasteiger partial charge is 0.124 e. The van der Waals surface area contributed by atoms with Crippen molar-refractivity contribution >= 4 is 0 Å². The first-order chi connectivity index (χ1) is 14.7. The SMILES string of the molecule is COc1ccc(-c2ccccc2)cc1C1NCCc2cc(OCCN(C)C)ccc21. The molecule has 0 radical (unpaired) electrons. The Morgan fingerprint density at radius 2 is 1.77 bits per heavy atom. The van der Waals surface area contributed by atoms with E-state index in [9.17, 15) is 0 Å². The molecule has 0 saturated heterocycles. The van der Waals surface area contributed by atoms with Crippen LogP contribution in [0.1, 0.15) is 22.7 Å². The Balaban J connectivity index is 1.65. The largest absolute Gasteiger partial charge is 0.496 e. The van der Waals surface area contributed by atoms with Crippen LogP contribution in [-0.2, 0) is 6.42 Å². The van der Waals surface area contributed by atoms with Crippen molar-refractivity contribution in [2.45, 2.75) is 12.5 Å². The molecule has 0 amide bonds. The predicted octanol–water partition coefficient (Wildman–Crippen LogP) is 4.54. The second-order valence-electron chi connectivity index (χ2n) is 7.97. The molecule has 1 aliphatic rings. The van der Waals surface area contributed by atoms with Crippen molar-refractivity contribution in [3.8, 4) is 22.6 Å². The maximum absolute atomic E-state index is 5.96. The summed E-state index contributed by atoms with van der Waals surface area (Å²) in [5, 5.41) is 3.70. The number of nitrogens with zero attached hydrogens (tertiary/aromatic N) is 1. The number of rotatable bonds is 7. The van der Waals surface area contributed by atoms with Gasteiger partial charge in [-0.2, -0.15) is 0 Å². The molecule has 0 saturated carbocycles. The van der Waals surface area contributed by atoms with Crippen LogP contribution in [0, 0.1) is 0 Å². The van der Waals surface area contributed by atoms with Gasteiger partial charge in [-0.05, 0) is 67.0 Å². The van der Waals surface area contributed by atoms with Crippen LogP contribution in [0.2, 0.25) is 0 Å². The Kier molecular flexibility index (Phi) is 6.36. The molecule has 0 aliphatic carbocycles. The zero-order valence-corrected chi connectivity index (χ0v) is 18.0. The Labute approximate surface area is 179 Å². The number of fused-ring (bicyclic) bond motifs is 1. The molecule has 3 aromatic rings. The van der Waals surface area contributed by atoms with Crippen LogP contribution in [0.4, 0.5) is 0 Å². The molecule has 1 N–H and O–H groups in total. The molecule has 4 rings (SSSR count). The van der Waals surface area contributed by atoms with E-state index in [0.717, 1.165) is 31.0 Å². The summed E-state index contributed by atoms with van der Waals surface area (Å²) >= 11 is 0. The lowest BCUT2D eigenvalue weighted by molar-refractivity contribution is 0.261. The fraction of sp³-hybridized carbons (Fsp3) is 0.308. The first kappa shape index (κ1) is 20.5. The number of benzene rings is 3. The van der Waals surface area contributed by atoms with E-state index in [0.29, 0.717) is 6.61 Å². The predicted molar refractivity (Wildman–Crippen MR) is 122 cm³/mol. The minimum absolute atomic E-state index is 0.100. The minimum atomic E-state index is 0.100. The molecule has 0 spiro atoms. The Bertz CT molecular complexity index is 986. The van der Waals surface area contributed by atoms with Gasteiger partial charge in [-0.1, -0.05) is 42.5 Å². The summed E-state index contributed by atoms with van der Waals surface area (Å²) in [4.78, 5) is 2.13. The molecular weight excluding hydrogens is 372 g/mol. The Hall–Kier alpha value is -2.82. The van der Waals surface area contributed by atoms with Gasteiger partial charge in [0.15, 0.2) is 0 Å². The molecule has 1 atom stereocenters. The van der Waals surface area contributed by atoms with Crippen molar-refractivity contribution in [2.75, 3.05) is 40.9 Å². The molecule has 156 valence electrons. The van der Waals surface area contributed by atoms with Crippen LogP contribution in [-0.4, -0.2) is 45.8 Å². The third kappa shape index (κ3) is 4.50. The number of nitrogens with one attached hydrogen (secondary N) is 1. The fourth-order valence-corrected chi connectivity index (χ4v) is 4.02. The molecule has 30 heavy (non-hydrogen) atoms. The molecule has 0 fully saturated rings. The van der Waals surface area contributed by atoms with Gasteiger partial charge in [0.05, 0.1) is 13.2 Å². The van der Waals surface area contributed by atoms with Crippen LogP contribution in [0.25, 0.3) is 11.1 Å². The normalized spacial score (nSPS) is 15.7. The van der Waals surface area contributed by atoms with Crippen LogP contribution in [0.5, 0.6) is 11.5 Å². The standard InChI is InChI=1S/C26H30N2O2/c1-28(2)15-16-30-22-10-11-23-21(17-22)13-14-27-26(23)24-18-20(9-12-25(24)29-3)19-7-5-4-6-8-19/h4-12,17-18,26-27H,13-16H2,1-3H3. The van der Waals surface area contributed by atoms with Crippen LogP contribution in [0.3, 0.4) is 0 Å². The molecule has 1 unspecified atom stereocenters. The highest BCUT2D eigenvalue weighted by atomic mass is 16.5. The van der Waals surface area contributed by atoms with Crippen molar-refractivity contribution < 1.29 is 9.47 Å². The van der Waals surface area contributed by atoms with E-state index >= 15 is 0 Å². The van der Waals surface area contributed by atoms with Crippen molar-refractivity contribution in [1.82, 2.24) is 10.2 Å². The van der Waals surface area contributed by atoms with Gasteiger partial charge in [-0.25, -0.2) is 0 Å². The quantitative estimate of drug-likeness (QED) is 0.629. The number of likely N-dealkylation sites (N-methyl/N-ethyl adjacent to an activating group) is 1. The summed E-state index contributed by atoms with van der Waals surface area (Å²) in [5.41, 5.74) is 6.21. The molecule has 4 heteroatoms. The van der Waals surface area contributed by atoms with Crippen molar-refractivity contribution in [3.05, 3.63) is 83.4 Å². The van der Waals surface area contributed by atoms with E-state index in [1.165, 1.54) is 27.8 Å². The second kappa shape index (κ2) is 9.33. The molecule has 4 nitrogen and oxygen atoms in total. The van der Waals surface area contributed by atoms with Crippen molar-refractivity contribution in [2.24, 2.45) is 0 Å².